The summed E-state index contributed by atoms with van der Waals surface area (Å²) in [6.45, 7) is 30.6. The highest BCUT2D eigenvalue weighted by molar-refractivity contribution is 6.00. The second-order valence-electron chi connectivity index (χ2n) is 30.8. The fourth-order valence-corrected chi connectivity index (χ4v) is 15.8. The molecule has 12 aromatic carbocycles. The predicted octanol–water partition coefficient (Wildman–Crippen LogP) is 29.3. The Kier molecular flexibility index (Phi) is 21.7. The minimum absolute atomic E-state index is 0.0567. The van der Waals surface area contributed by atoms with Crippen molar-refractivity contribution in [3.63, 3.8) is 0 Å². The highest BCUT2D eigenvalue weighted by Crippen LogP contribution is 2.48. The molecule has 0 fully saturated rings. The third-order valence-corrected chi connectivity index (χ3v) is 24.0. The minimum Gasteiger partial charge on any atom is -0.311 e. The maximum atomic E-state index is 4.68. The van der Waals surface area contributed by atoms with E-state index in [9.17, 15) is 0 Å². The van der Waals surface area contributed by atoms with Crippen molar-refractivity contribution in [2.24, 2.45) is 11.8 Å². The zero-order chi connectivity index (χ0) is 71.8. The van der Waals surface area contributed by atoms with E-state index in [0.717, 1.165) is 77.4 Å². The maximum absolute atomic E-state index is 4.68. The Morgan fingerprint density at radius 3 is 1.36 bits per heavy atom. The molecule has 0 aliphatic carbocycles. The van der Waals surface area contributed by atoms with Crippen LogP contribution >= 0.6 is 0 Å². The molecule has 0 spiro atoms. The number of fused-ring (bicyclic) bond motifs is 1. The van der Waals surface area contributed by atoms with E-state index in [1.165, 1.54) is 138 Å². The van der Waals surface area contributed by atoms with Gasteiger partial charge in [0.15, 0.2) is 0 Å². The first kappa shape index (κ1) is 71.4. The average molecular weight is 1350 g/mol. The molecule has 19 rings (SSSR count). The lowest BCUT2D eigenvalue weighted by Crippen LogP contribution is -2.42. The fourth-order valence-electron chi connectivity index (χ4n) is 15.8. The Morgan fingerprint density at radius 2 is 0.883 bits per heavy atom. The van der Waals surface area contributed by atoms with Crippen LogP contribution in [0.25, 0.3) is 72.0 Å². The molecule has 0 saturated heterocycles. The molecule has 0 saturated carbocycles. The van der Waals surface area contributed by atoms with Gasteiger partial charge in [-0.15, -0.1) is 0 Å². The minimum atomic E-state index is -0.0897. The summed E-state index contributed by atoms with van der Waals surface area (Å²) in [5.74, 6) is 0.692. The highest BCUT2D eigenvalue weighted by atomic mass is 15.1. The van der Waals surface area contributed by atoms with E-state index in [4.69, 9.17) is 0 Å². The average Bonchev–Trinajstić information content (AvgIpc) is 1.27. The zero-order valence-corrected chi connectivity index (χ0v) is 63.2. The molecule has 2 nitrogen and oxygen atoms in total. The summed E-state index contributed by atoms with van der Waals surface area (Å²) in [6.07, 6.45) is 17.5. The molecule has 520 valence electrons. The third-order valence-electron chi connectivity index (χ3n) is 24.0. The van der Waals surface area contributed by atoms with E-state index in [2.05, 4.69) is 378 Å². The number of anilines is 6. The molecule has 3 atom stereocenters. The first-order chi connectivity index (χ1) is 50.0. The van der Waals surface area contributed by atoms with Gasteiger partial charge in [-0.05, 0) is 245 Å². The van der Waals surface area contributed by atoms with Crippen molar-refractivity contribution in [1.82, 2.24) is 0 Å². The van der Waals surface area contributed by atoms with Gasteiger partial charge in [-0.1, -0.05) is 327 Å². The topological polar surface area (TPSA) is 6.48 Å². The second-order valence-corrected chi connectivity index (χ2v) is 30.8. The summed E-state index contributed by atoms with van der Waals surface area (Å²) in [7, 11) is 0. The van der Waals surface area contributed by atoms with Crippen LogP contribution in [0.1, 0.15) is 166 Å². The molecule has 2 unspecified atom stereocenters. The van der Waals surface area contributed by atoms with E-state index in [-0.39, 0.29) is 16.2 Å². The summed E-state index contributed by atoms with van der Waals surface area (Å²) in [5.41, 5.74) is 29.5. The monoisotopic (exact) mass is 1350 g/mol. The van der Waals surface area contributed by atoms with Crippen LogP contribution in [0.4, 0.5) is 34.1 Å². The molecule has 8 bridgehead atoms. The molecule has 103 heavy (non-hydrogen) atoms. The molecular weight excluding hydrogens is 1240 g/mol. The number of hydrogen-bond acceptors (Lipinski definition) is 2. The van der Waals surface area contributed by atoms with E-state index < -0.39 is 0 Å². The number of hydrogen-bond donors (Lipinski definition) is 0. The van der Waals surface area contributed by atoms with Gasteiger partial charge < -0.3 is 9.80 Å². The Morgan fingerprint density at radius 1 is 0.466 bits per heavy atom. The van der Waals surface area contributed by atoms with Crippen LogP contribution in [-0.2, 0) is 35.5 Å². The van der Waals surface area contributed by atoms with Gasteiger partial charge in [0, 0.05) is 39.5 Å². The molecule has 7 aliphatic rings. The summed E-state index contributed by atoms with van der Waals surface area (Å²) in [4.78, 5) is 4.79. The highest BCUT2D eigenvalue weighted by Gasteiger charge is 2.42. The number of allylic oxidation sites excluding steroid dienone is 3. The first-order valence-corrected chi connectivity index (χ1v) is 38.5. The molecule has 12 aromatic rings. The van der Waals surface area contributed by atoms with Crippen LogP contribution in [0.5, 0.6) is 0 Å². The Labute approximate surface area is 617 Å². The van der Waals surface area contributed by atoms with Crippen LogP contribution in [0.2, 0.25) is 0 Å². The van der Waals surface area contributed by atoms with E-state index in [0.29, 0.717) is 11.8 Å². The normalized spacial score (nSPS) is 14.8. The Bertz CT molecular complexity index is 4840. The number of unbranched alkanes of at least 4 members (excludes halogenated alkanes) is 5. The van der Waals surface area contributed by atoms with Crippen molar-refractivity contribution in [3.8, 4) is 55.6 Å². The van der Waals surface area contributed by atoms with Crippen LogP contribution < -0.4 is 9.80 Å². The summed E-state index contributed by atoms with van der Waals surface area (Å²) in [6, 6.07) is 103. The van der Waals surface area contributed by atoms with Crippen LogP contribution in [0.3, 0.4) is 0 Å². The van der Waals surface area contributed by atoms with Gasteiger partial charge in [-0.2, -0.15) is 0 Å². The van der Waals surface area contributed by atoms with Gasteiger partial charge in [0.2, 0.25) is 0 Å². The molecule has 2 heteroatoms. The predicted molar refractivity (Wildman–Crippen MR) is 448 cm³/mol. The van der Waals surface area contributed by atoms with Crippen LogP contribution in [0, 0.1) is 11.8 Å². The largest absolute Gasteiger partial charge is 0.311 e. The third kappa shape index (κ3) is 15.3. The maximum Gasteiger partial charge on any atom is 0.0462 e. The Hall–Kier alpha value is -10.0. The van der Waals surface area contributed by atoms with Crippen molar-refractivity contribution >= 4 is 50.5 Å². The Balaban J connectivity index is 0.760. The summed E-state index contributed by atoms with van der Waals surface area (Å²) >= 11 is 0. The smallest absolute Gasteiger partial charge is 0.0462 e. The number of aryl methyl sites for hydroxylation is 2. The van der Waals surface area contributed by atoms with Gasteiger partial charge >= 0.3 is 0 Å². The van der Waals surface area contributed by atoms with Crippen molar-refractivity contribution in [1.29, 1.82) is 0 Å². The van der Waals surface area contributed by atoms with Gasteiger partial charge in [-0.25, -0.2) is 0 Å². The van der Waals surface area contributed by atoms with Crippen LogP contribution in [-0.4, -0.2) is 0 Å². The molecule has 7 heterocycles. The van der Waals surface area contributed by atoms with E-state index >= 15 is 0 Å². The van der Waals surface area contributed by atoms with Crippen molar-refractivity contribution in [3.05, 3.63) is 331 Å². The van der Waals surface area contributed by atoms with Gasteiger partial charge in [0.1, 0.15) is 0 Å². The van der Waals surface area contributed by atoms with Crippen molar-refractivity contribution < 1.29 is 0 Å². The first-order valence-electron chi connectivity index (χ1n) is 38.5. The van der Waals surface area contributed by atoms with Gasteiger partial charge in [0.25, 0.3) is 0 Å². The lowest BCUT2D eigenvalue weighted by atomic mass is 9.58. The number of benzene rings is 12. The quantitative estimate of drug-likeness (QED) is 0.0439. The molecule has 0 aromatic heterocycles. The molecular formula is C101H106N2. The zero-order valence-electron chi connectivity index (χ0n) is 63.2. The van der Waals surface area contributed by atoms with Crippen LogP contribution in [0.15, 0.2) is 292 Å². The van der Waals surface area contributed by atoms with Crippen molar-refractivity contribution in [2.45, 2.75) is 163 Å². The lowest BCUT2D eigenvalue weighted by molar-refractivity contribution is 0.266. The van der Waals surface area contributed by atoms with E-state index in [1.54, 1.807) is 0 Å². The standard InChI is InChI=1S/C101H106N2/c1-13-17-18-19-20-21-24-85-70-98(84-49-67-94(68-50-84)103(92-59-41-80(42-60-92)76-31-29-74(14-2)30-32-76)93-61-43-81(44-62-93)77-33-51-86(52-34-77)99(8,9)15-3)96-26-23-22-25-95(96)97(85)69-73(7)71(5)27-28-72(6)75-39-57-89(58-40-75)102-90-63-45-82(46-64-90)78-35-53-87(54-36-78)100(10,11)101(12,16-4)88-55-37-79(38-56-88)83-47-65-91(102)66-48-83/h22-23,25-68,70-71,73H,6,13-21,24,69H2,1-5,7-12H3/t71?,73-,101?/m1/s1. The van der Waals surface area contributed by atoms with E-state index in [1.807, 2.05) is 0 Å². The SMILES string of the molecule is C=C(C=CC(C)[C@H](C)Cc1c(CCCCCCCC)cc(-c2ccc(N(c3ccc(-c4ccc(CC)cc4)cc3)c3ccc(-c4ccc(C(C)(C)CC)cc4)cc3)cc2)c2ccccc12)c1ccc(N2c3ccc(cc3)-c3ccc(cc3)C(C)(C)C(C)(CC)c3ccc(cc3)-c3ccc2cc3)cc1. The van der Waals surface area contributed by atoms with Gasteiger partial charge in [-0.3, -0.25) is 0 Å². The summed E-state index contributed by atoms with van der Waals surface area (Å²) < 4.78 is 0. The fraction of sp³-hybridized carbons (Fsp3) is 0.267. The van der Waals surface area contributed by atoms with Crippen molar-refractivity contribution in [2.75, 3.05) is 9.80 Å². The molecule has 0 amide bonds. The number of nitrogens with zero attached hydrogens (tertiary/aromatic N) is 2. The number of rotatable bonds is 24. The molecule has 0 N–H and O–H groups in total. The second kappa shape index (κ2) is 31.3. The molecule has 0 radical (unpaired) electrons. The summed E-state index contributed by atoms with van der Waals surface area (Å²) in [5, 5.41) is 2.69. The van der Waals surface area contributed by atoms with Gasteiger partial charge in [0.05, 0.1) is 0 Å². The molecule has 7 aliphatic heterocycles. The lowest BCUT2D eigenvalue weighted by Gasteiger charge is -2.45.